The number of rotatable bonds is 9. The van der Waals surface area contributed by atoms with Gasteiger partial charge >= 0.3 is 0 Å². The number of hydrogen-bond acceptors (Lipinski definition) is 6. The van der Waals surface area contributed by atoms with Crippen LogP contribution in [0.15, 0.2) is 53.5 Å². The van der Waals surface area contributed by atoms with Crippen LogP contribution in [0.5, 0.6) is 5.75 Å². The van der Waals surface area contributed by atoms with Gasteiger partial charge in [0.25, 0.3) is 5.91 Å². The van der Waals surface area contributed by atoms with Crippen molar-refractivity contribution >= 4 is 17.7 Å². The number of hydrazone groups is 1. The summed E-state index contributed by atoms with van der Waals surface area (Å²) < 4.78 is 5.36. The van der Waals surface area contributed by atoms with Crippen molar-refractivity contribution in [3.05, 3.63) is 71.1 Å². The number of likely N-dealkylation sites (N-methyl/N-ethyl adjacent to an activating group) is 1. The van der Waals surface area contributed by atoms with Crippen molar-refractivity contribution in [2.45, 2.75) is 27.2 Å². The van der Waals surface area contributed by atoms with E-state index < -0.39 is 0 Å². The molecule has 0 radical (unpaired) electrons. The predicted molar refractivity (Wildman–Crippen MR) is 134 cm³/mol. The molecule has 176 valence electrons. The second kappa shape index (κ2) is 10.4. The summed E-state index contributed by atoms with van der Waals surface area (Å²) in [6.07, 6.45) is 7.54. The van der Waals surface area contributed by atoms with E-state index in [4.69, 9.17) is 4.74 Å². The summed E-state index contributed by atoms with van der Waals surface area (Å²) in [6.45, 7) is 9.41. The van der Waals surface area contributed by atoms with Gasteiger partial charge in [-0.05, 0) is 55.8 Å². The van der Waals surface area contributed by atoms with E-state index in [0.29, 0.717) is 17.0 Å². The monoisotopic (exact) mass is 458 g/mol. The Balaban J connectivity index is 1.81. The number of methoxy groups -OCH3 is 1. The third-order valence-electron chi connectivity index (χ3n) is 6.16. The molecule has 0 spiro atoms. The molecular weight excluding hydrogens is 428 g/mol. The van der Waals surface area contributed by atoms with Crippen LogP contribution < -0.4 is 10.2 Å². The lowest BCUT2D eigenvalue weighted by molar-refractivity contribution is -0.116. The highest BCUT2D eigenvalue weighted by molar-refractivity contribution is 6.32. The van der Waals surface area contributed by atoms with Crippen molar-refractivity contribution in [2.24, 2.45) is 5.10 Å². The summed E-state index contributed by atoms with van der Waals surface area (Å²) in [6, 6.07) is 8.02. The van der Waals surface area contributed by atoms with Gasteiger partial charge in [-0.1, -0.05) is 26.0 Å². The number of amides is 1. The maximum Gasteiger partial charge on any atom is 0.273 e. The maximum atomic E-state index is 12.7. The fourth-order valence-corrected chi connectivity index (χ4v) is 4.24. The van der Waals surface area contributed by atoms with Crippen LogP contribution in [0.2, 0.25) is 0 Å². The van der Waals surface area contributed by atoms with Crippen molar-refractivity contribution < 1.29 is 9.53 Å². The third-order valence-corrected chi connectivity index (χ3v) is 6.16. The zero-order valence-corrected chi connectivity index (χ0v) is 20.1. The Kier molecular flexibility index (Phi) is 7.18. The average Bonchev–Trinajstić information content (AvgIpc) is 3.39. The van der Waals surface area contributed by atoms with Gasteiger partial charge in [-0.2, -0.15) is 5.10 Å². The molecule has 0 aliphatic carbocycles. The SMILES string of the molecule is CCN(CC)CCc1c(C)[nH]c(/C=C2/C(=O)NN=C2c2cnccn2)c1-c1ccc(OC)cc1. The molecule has 4 rings (SSSR count). The van der Waals surface area contributed by atoms with E-state index in [1.54, 1.807) is 25.7 Å². The van der Waals surface area contributed by atoms with E-state index in [9.17, 15) is 4.79 Å². The topological polar surface area (TPSA) is 95.5 Å². The van der Waals surface area contributed by atoms with E-state index >= 15 is 0 Å². The van der Waals surface area contributed by atoms with Crippen LogP contribution in [0.4, 0.5) is 0 Å². The first-order chi connectivity index (χ1) is 16.5. The zero-order chi connectivity index (χ0) is 24.1. The molecule has 0 saturated heterocycles. The fraction of sp³-hybridized carbons (Fsp3) is 0.308. The second-order valence-electron chi connectivity index (χ2n) is 8.07. The molecule has 8 nitrogen and oxygen atoms in total. The molecule has 0 saturated carbocycles. The van der Waals surface area contributed by atoms with E-state index in [1.807, 2.05) is 18.2 Å². The molecule has 1 aromatic carbocycles. The van der Waals surface area contributed by atoms with Crippen molar-refractivity contribution in [2.75, 3.05) is 26.7 Å². The highest BCUT2D eigenvalue weighted by Gasteiger charge is 2.27. The lowest BCUT2D eigenvalue weighted by Gasteiger charge is -2.18. The summed E-state index contributed by atoms with van der Waals surface area (Å²) in [5.74, 6) is 0.533. The Morgan fingerprint density at radius 3 is 2.53 bits per heavy atom. The van der Waals surface area contributed by atoms with Gasteiger partial charge in [0.1, 0.15) is 17.2 Å². The van der Waals surface area contributed by atoms with Crippen LogP contribution in [0, 0.1) is 6.92 Å². The second-order valence-corrected chi connectivity index (χ2v) is 8.07. The summed E-state index contributed by atoms with van der Waals surface area (Å²) >= 11 is 0. The van der Waals surface area contributed by atoms with Gasteiger partial charge in [-0.3, -0.25) is 14.8 Å². The first kappa shape index (κ1) is 23.4. The molecule has 2 N–H and O–H groups in total. The molecule has 2 aromatic heterocycles. The van der Waals surface area contributed by atoms with Gasteiger partial charge in [-0.25, -0.2) is 5.43 Å². The Hall–Kier alpha value is -3.78. The minimum absolute atomic E-state index is 0.265. The summed E-state index contributed by atoms with van der Waals surface area (Å²) in [5, 5.41) is 4.21. The van der Waals surface area contributed by atoms with Crippen molar-refractivity contribution in [3.63, 3.8) is 0 Å². The van der Waals surface area contributed by atoms with Crippen LogP contribution in [-0.4, -0.2) is 58.2 Å². The highest BCUT2D eigenvalue weighted by Crippen LogP contribution is 2.34. The lowest BCUT2D eigenvalue weighted by Crippen LogP contribution is -2.25. The van der Waals surface area contributed by atoms with Crippen molar-refractivity contribution in [1.82, 2.24) is 25.3 Å². The largest absolute Gasteiger partial charge is 0.497 e. The van der Waals surface area contributed by atoms with E-state index in [2.05, 4.69) is 63.3 Å². The van der Waals surface area contributed by atoms with Crippen LogP contribution in [-0.2, 0) is 11.2 Å². The molecular formula is C26H30N6O2. The van der Waals surface area contributed by atoms with Crippen LogP contribution >= 0.6 is 0 Å². The number of benzene rings is 1. The van der Waals surface area contributed by atoms with Gasteiger partial charge in [0, 0.05) is 35.9 Å². The number of hydrogen-bond donors (Lipinski definition) is 2. The lowest BCUT2D eigenvalue weighted by atomic mass is 9.96. The van der Waals surface area contributed by atoms with Gasteiger partial charge in [0.2, 0.25) is 0 Å². The summed E-state index contributed by atoms with van der Waals surface area (Å²) in [5.41, 5.74) is 9.37. The first-order valence-electron chi connectivity index (χ1n) is 11.5. The number of aromatic nitrogens is 3. The Labute approximate surface area is 199 Å². The summed E-state index contributed by atoms with van der Waals surface area (Å²) in [7, 11) is 1.66. The molecule has 34 heavy (non-hydrogen) atoms. The van der Waals surface area contributed by atoms with Crippen LogP contribution in [0.3, 0.4) is 0 Å². The number of carbonyl (C=O) groups is 1. The minimum Gasteiger partial charge on any atom is -0.497 e. The molecule has 0 fully saturated rings. The number of aromatic amines is 1. The summed E-state index contributed by atoms with van der Waals surface area (Å²) in [4.78, 5) is 27.1. The quantitative estimate of drug-likeness (QED) is 0.478. The van der Waals surface area contributed by atoms with Gasteiger partial charge in [0.05, 0.1) is 18.9 Å². The highest BCUT2D eigenvalue weighted by atomic mass is 16.5. The Morgan fingerprint density at radius 2 is 1.88 bits per heavy atom. The Morgan fingerprint density at radius 1 is 1.12 bits per heavy atom. The smallest absolute Gasteiger partial charge is 0.273 e. The van der Waals surface area contributed by atoms with E-state index in [1.165, 1.54) is 5.56 Å². The van der Waals surface area contributed by atoms with Crippen LogP contribution in [0.25, 0.3) is 17.2 Å². The number of nitrogens with zero attached hydrogens (tertiary/aromatic N) is 4. The molecule has 1 aliphatic rings. The number of carbonyl (C=O) groups excluding carboxylic acids is 1. The van der Waals surface area contributed by atoms with E-state index in [-0.39, 0.29) is 5.91 Å². The Bertz CT molecular complexity index is 1210. The first-order valence-corrected chi connectivity index (χ1v) is 11.5. The van der Waals surface area contributed by atoms with Crippen molar-refractivity contribution in [1.29, 1.82) is 0 Å². The molecule has 0 bridgehead atoms. The molecule has 1 aliphatic heterocycles. The molecule has 1 amide bonds. The zero-order valence-electron chi connectivity index (χ0n) is 20.1. The molecule has 0 atom stereocenters. The predicted octanol–water partition coefficient (Wildman–Crippen LogP) is 3.59. The van der Waals surface area contributed by atoms with Crippen molar-refractivity contribution in [3.8, 4) is 16.9 Å². The number of nitrogens with one attached hydrogen (secondary N) is 2. The normalized spacial score (nSPS) is 14.6. The average molecular weight is 459 g/mol. The van der Waals surface area contributed by atoms with Crippen LogP contribution in [0.1, 0.15) is 36.5 Å². The molecule has 0 unspecified atom stereocenters. The maximum absolute atomic E-state index is 12.7. The third kappa shape index (κ3) is 4.77. The molecule has 3 aromatic rings. The standard InChI is InChI=1S/C26H30N6O2/c1-5-32(6-2)14-11-20-17(3)29-22(24(20)18-7-9-19(34-4)10-8-18)15-21-25(30-31-26(21)33)23-16-27-12-13-28-23/h7-10,12-13,15-16,29H,5-6,11,14H2,1-4H3,(H,31,33)/b21-15+. The van der Waals surface area contributed by atoms with E-state index in [0.717, 1.165) is 54.3 Å². The van der Waals surface area contributed by atoms with Gasteiger partial charge in [0.15, 0.2) is 0 Å². The molecule has 8 heteroatoms. The number of H-pyrrole nitrogens is 1. The van der Waals surface area contributed by atoms with Gasteiger partial charge in [-0.15, -0.1) is 0 Å². The minimum atomic E-state index is -0.265. The number of ether oxygens (including phenoxy) is 1. The fourth-order valence-electron chi connectivity index (χ4n) is 4.24. The van der Waals surface area contributed by atoms with Gasteiger partial charge < -0.3 is 14.6 Å². The number of aryl methyl sites for hydroxylation is 1. The molecule has 3 heterocycles.